The third-order valence-corrected chi connectivity index (χ3v) is 9.36. The monoisotopic (exact) mass is 513 g/mol. The molecule has 2 heterocycles. The van der Waals surface area contributed by atoms with Crippen LogP contribution in [0.2, 0.25) is 0 Å². The minimum absolute atomic E-state index is 0.0219. The first-order chi connectivity index (χ1) is 17.3. The molecule has 0 radical (unpaired) electrons. The fraction of sp³-hybridized carbons (Fsp3) is 0.481. The second kappa shape index (κ2) is 10.3. The number of fused-ring (bicyclic) bond motifs is 2. The van der Waals surface area contributed by atoms with E-state index in [1.54, 1.807) is 19.2 Å². The largest absolute Gasteiger partial charge is 0.450 e. The van der Waals surface area contributed by atoms with E-state index in [4.69, 9.17) is 4.74 Å². The number of sulfonamides is 1. The Kier molecular flexibility index (Phi) is 7.12. The van der Waals surface area contributed by atoms with E-state index in [2.05, 4.69) is 21.1 Å². The van der Waals surface area contributed by atoms with Gasteiger partial charge in [0.15, 0.2) is 0 Å². The molecule has 0 spiro atoms. The SMILES string of the molecule is CCOC(=O)N[C@@H]1CC[C@@H]2[C@@H](C1)C[C@H]1NS(=O)(=O)C[C@H]1[C@H]2/C=C/c1ccc(-c2cccc(F)c2)cn1. The van der Waals surface area contributed by atoms with Gasteiger partial charge in [-0.15, -0.1) is 0 Å². The highest BCUT2D eigenvalue weighted by atomic mass is 32.2. The molecule has 0 bridgehead atoms. The Hall–Kier alpha value is -2.78. The molecule has 3 fully saturated rings. The summed E-state index contributed by atoms with van der Waals surface area (Å²) in [5.41, 5.74) is 2.38. The fourth-order valence-corrected chi connectivity index (χ4v) is 8.14. The molecule has 2 aromatic rings. The van der Waals surface area contributed by atoms with Crippen molar-refractivity contribution in [3.05, 3.63) is 60.2 Å². The number of allylic oxidation sites excluding steroid dienone is 1. The highest BCUT2D eigenvalue weighted by molar-refractivity contribution is 7.89. The lowest BCUT2D eigenvalue weighted by Crippen LogP contribution is -2.50. The van der Waals surface area contributed by atoms with Gasteiger partial charge in [0.2, 0.25) is 10.0 Å². The molecular formula is C27H32FN3O4S. The summed E-state index contributed by atoms with van der Waals surface area (Å²) in [6.07, 6.45) is 8.84. The van der Waals surface area contributed by atoms with Crippen molar-refractivity contribution in [1.29, 1.82) is 0 Å². The number of alkyl carbamates (subject to hydrolysis) is 1. The first-order valence-corrected chi connectivity index (χ1v) is 14.3. The zero-order chi connectivity index (χ0) is 25.3. The molecule has 5 rings (SSSR count). The number of nitrogens with zero attached hydrogens (tertiary/aromatic N) is 1. The molecule has 1 saturated heterocycles. The van der Waals surface area contributed by atoms with Crippen LogP contribution in [0, 0.1) is 29.5 Å². The molecular weight excluding hydrogens is 481 g/mol. The van der Waals surface area contributed by atoms with Crippen molar-refractivity contribution in [2.45, 2.75) is 44.7 Å². The zero-order valence-electron chi connectivity index (χ0n) is 20.3. The minimum Gasteiger partial charge on any atom is -0.450 e. The van der Waals surface area contributed by atoms with Gasteiger partial charge in [-0.05, 0) is 86.1 Å². The maximum Gasteiger partial charge on any atom is 0.407 e. The van der Waals surface area contributed by atoms with Crippen molar-refractivity contribution in [2.75, 3.05) is 12.4 Å². The van der Waals surface area contributed by atoms with E-state index in [0.29, 0.717) is 18.4 Å². The molecule has 2 aliphatic carbocycles. The van der Waals surface area contributed by atoms with Crippen LogP contribution in [0.25, 0.3) is 17.2 Å². The maximum atomic E-state index is 13.6. The molecule has 2 N–H and O–H groups in total. The van der Waals surface area contributed by atoms with Crippen LogP contribution in [0.15, 0.2) is 48.7 Å². The highest BCUT2D eigenvalue weighted by Crippen LogP contribution is 2.49. The Bertz CT molecular complexity index is 1230. The van der Waals surface area contributed by atoms with Gasteiger partial charge < -0.3 is 10.1 Å². The number of carbonyl (C=O) groups excluding carboxylic acids is 1. The summed E-state index contributed by atoms with van der Waals surface area (Å²) < 4.78 is 46.4. The van der Waals surface area contributed by atoms with Gasteiger partial charge in [0, 0.05) is 23.8 Å². The first-order valence-electron chi connectivity index (χ1n) is 12.6. The topological polar surface area (TPSA) is 97.4 Å². The molecule has 192 valence electrons. The number of rotatable bonds is 5. The molecule has 1 aliphatic heterocycles. The number of nitrogens with one attached hydrogen (secondary N) is 2. The Labute approximate surface area is 211 Å². The fourth-order valence-electron chi connectivity index (χ4n) is 6.36. The number of benzene rings is 1. The van der Waals surface area contributed by atoms with Gasteiger partial charge in [0.1, 0.15) is 5.82 Å². The van der Waals surface area contributed by atoms with Crippen LogP contribution >= 0.6 is 0 Å². The van der Waals surface area contributed by atoms with Crippen LogP contribution in [0.5, 0.6) is 0 Å². The molecule has 6 atom stereocenters. The summed E-state index contributed by atoms with van der Waals surface area (Å²) in [4.78, 5) is 16.5. The quantitative estimate of drug-likeness (QED) is 0.619. The summed E-state index contributed by atoms with van der Waals surface area (Å²) in [6, 6.07) is 10.2. The minimum atomic E-state index is -3.29. The summed E-state index contributed by atoms with van der Waals surface area (Å²) >= 11 is 0. The zero-order valence-corrected chi connectivity index (χ0v) is 21.1. The van der Waals surface area contributed by atoms with Crippen LogP contribution in [0.1, 0.15) is 38.3 Å². The average Bonchev–Trinajstić information content (AvgIpc) is 3.15. The van der Waals surface area contributed by atoms with Crippen molar-refractivity contribution < 1.29 is 22.3 Å². The molecule has 9 heteroatoms. The van der Waals surface area contributed by atoms with Gasteiger partial charge in [-0.25, -0.2) is 22.3 Å². The third-order valence-electron chi connectivity index (χ3n) is 7.88. The number of pyridine rings is 1. The first kappa shape index (κ1) is 24.9. The predicted octanol–water partition coefficient (Wildman–Crippen LogP) is 4.37. The Balaban J connectivity index is 1.33. The number of aromatic nitrogens is 1. The number of hydrogen-bond donors (Lipinski definition) is 2. The molecule has 1 amide bonds. The average molecular weight is 514 g/mol. The lowest BCUT2D eigenvalue weighted by Gasteiger charge is -2.47. The molecule has 36 heavy (non-hydrogen) atoms. The van der Waals surface area contributed by atoms with Gasteiger partial charge in [0.05, 0.1) is 18.1 Å². The van der Waals surface area contributed by atoms with Crippen molar-refractivity contribution in [3.8, 4) is 11.1 Å². The number of hydrogen-bond acceptors (Lipinski definition) is 5. The highest BCUT2D eigenvalue weighted by Gasteiger charge is 2.51. The number of ether oxygens (including phenoxy) is 1. The van der Waals surface area contributed by atoms with Crippen molar-refractivity contribution >= 4 is 22.2 Å². The van der Waals surface area contributed by atoms with Gasteiger partial charge >= 0.3 is 6.09 Å². The standard InChI is InChI=1S/C27H32FN3O4S/c1-2-35-27(32)30-22-9-10-23-19(13-22)14-26-25(16-36(33,34)31-26)24(23)11-8-21-7-6-18(15-29-21)17-4-3-5-20(28)12-17/h3-8,11-12,15,19,22-26,31H,2,9-10,13-14,16H2,1H3,(H,30,32)/b11-8+/t19-,22+,23+,24-,25-,26+/m0/s1. The molecule has 7 nitrogen and oxygen atoms in total. The van der Waals surface area contributed by atoms with Gasteiger partial charge in [-0.2, -0.15) is 0 Å². The molecule has 3 aliphatic rings. The van der Waals surface area contributed by atoms with E-state index < -0.39 is 10.0 Å². The predicted molar refractivity (Wildman–Crippen MR) is 136 cm³/mol. The van der Waals surface area contributed by atoms with Crippen molar-refractivity contribution in [2.24, 2.45) is 23.7 Å². The Morgan fingerprint density at radius 3 is 2.81 bits per heavy atom. The summed E-state index contributed by atoms with van der Waals surface area (Å²) in [5, 5.41) is 2.97. The van der Waals surface area contributed by atoms with E-state index in [1.807, 2.05) is 24.3 Å². The smallest absolute Gasteiger partial charge is 0.407 e. The van der Waals surface area contributed by atoms with Gasteiger partial charge in [-0.3, -0.25) is 4.98 Å². The third kappa shape index (κ3) is 5.47. The van der Waals surface area contributed by atoms with Gasteiger partial charge in [-0.1, -0.05) is 24.3 Å². The van der Waals surface area contributed by atoms with Crippen LogP contribution in [-0.2, 0) is 14.8 Å². The lowest BCUT2D eigenvalue weighted by molar-refractivity contribution is 0.0606. The van der Waals surface area contributed by atoms with E-state index >= 15 is 0 Å². The molecule has 1 aromatic carbocycles. The Morgan fingerprint density at radius 1 is 1.19 bits per heavy atom. The van der Waals surface area contributed by atoms with Crippen molar-refractivity contribution in [1.82, 2.24) is 15.0 Å². The number of halogens is 1. The van der Waals surface area contributed by atoms with Crippen LogP contribution in [0.3, 0.4) is 0 Å². The lowest BCUT2D eigenvalue weighted by atomic mass is 9.59. The summed E-state index contributed by atoms with van der Waals surface area (Å²) in [6.45, 7) is 2.12. The van der Waals surface area contributed by atoms with Crippen LogP contribution in [-0.4, -0.2) is 43.9 Å². The Morgan fingerprint density at radius 2 is 2.06 bits per heavy atom. The van der Waals surface area contributed by atoms with Crippen molar-refractivity contribution in [3.63, 3.8) is 0 Å². The second-order valence-electron chi connectivity index (χ2n) is 10.1. The van der Waals surface area contributed by atoms with Gasteiger partial charge in [0.25, 0.3) is 0 Å². The van der Waals surface area contributed by atoms with E-state index in [0.717, 1.165) is 42.5 Å². The second-order valence-corrected chi connectivity index (χ2v) is 11.9. The normalized spacial score (nSPS) is 30.9. The molecule has 0 unspecified atom stereocenters. The van der Waals surface area contributed by atoms with E-state index in [-0.39, 0.29) is 41.6 Å². The van der Waals surface area contributed by atoms with Crippen LogP contribution in [0.4, 0.5) is 9.18 Å². The molecule has 1 aromatic heterocycles. The van der Waals surface area contributed by atoms with E-state index in [1.165, 1.54) is 12.1 Å². The summed E-state index contributed by atoms with van der Waals surface area (Å²) in [5.74, 6) is 0.646. The maximum absolute atomic E-state index is 13.6. The number of carbonyl (C=O) groups is 1. The van der Waals surface area contributed by atoms with E-state index in [9.17, 15) is 17.6 Å². The van der Waals surface area contributed by atoms with Crippen LogP contribution < -0.4 is 10.0 Å². The molecule has 2 saturated carbocycles. The number of amides is 1. The summed E-state index contributed by atoms with van der Waals surface area (Å²) in [7, 11) is -3.29.